The highest BCUT2D eigenvalue weighted by molar-refractivity contribution is 6.03. The van der Waals surface area contributed by atoms with Crippen LogP contribution in [0.15, 0.2) is 24.3 Å². The van der Waals surface area contributed by atoms with Crippen LogP contribution in [0.3, 0.4) is 0 Å². The van der Waals surface area contributed by atoms with Crippen molar-refractivity contribution in [1.29, 1.82) is 0 Å². The SMILES string of the molecule is CN1C(=O)[C@@H](NC(=O)c2n[nH]c3c2CC(C(F)(F)F)CC3)COc2ccccc21. The zero-order valence-corrected chi connectivity index (χ0v) is 15.5. The van der Waals surface area contributed by atoms with Gasteiger partial charge in [0, 0.05) is 18.3 Å². The number of amides is 2. The number of hydrogen-bond donors (Lipinski definition) is 2. The molecular weight excluding hydrogens is 389 g/mol. The third kappa shape index (κ3) is 3.54. The van der Waals surface area contributed by atoms with Crippen LogP contribution in [-0.2, 0) is 17.6 Å². The lowest BCUT2D eigenvalue weighted by Crippen LogP contribution is -2.49. The van der Waals surface area contributed by atoms with Crippen molar-refractivity contribution in [1.82, 2.24) is 15.5 Å². The molecule has 1 aliphatic heterocycles. The Balaban J connectivity index is 1.53. The largest absolute Gasteiger partial charge is 0.489 e. The van der Waals surface area contributed by atoms with E-state index in [0.29, 0.717) is 17.1 Å². The van der Waals surface area contributed by atoms with Crippen molar-refractivity contribution in [2.24, 2.45) is 5.92 Å². The number of anilines is 1. The van der Waals surface area contributed by atoms with E-state index in [0.717, 1.165) is 0 Å². The molecule has 2 heterocycles. The number of carbonyl (C=O) groups excluding carboxylic acids is 2. The minimum Gasteiger partial charge on any atom is -0.489 e. The second-order valence-corrected chi connectivity index (χ2v) is 7.21. The van der Waals surface area contributed by atoms with Crippen LogP contribution >= 0.6 is 0 Å². The molecule has 0 bridgehead atoms. The van der Waals surface area contributed by atoms with Crippen LogP contribution in [0.25, 0.3) is 0 Å². The van der Waals surface area contributed by atoms with Crippen LogP contribution in [0, 0.1) is 5.92 Å². The number of H-pyrrole nitrogens is 1. The summed E-state index contributed by atoms with van der Waals surface area (Å²) in [6.07, 6.45) is -4.51. The number of fused-ring (bicyclic) bond motifs is 2. The predicted molar refractivity (Wildman–Crippen MR) is 96.8 cm³/mol. The van der Waals surface area contributed by atoms with E-state index in [-0.39, 0.29) is 43.0 Å². The van der Waals surface area contributed by atoms with Crippen LogP contribution in [0.5, 0.6) is 5.75 Å². The molecule has 154 valence electrons. The summed E-state index contributed by atoms with van der Waals surface area (Å²) in [5.74, 6) is -2.10. The number of aryl methyl sites for hydroxylation is 1. The van der Waals surface area contributed by atoms with Gasteiger partial charge in [0.05, 0.1) is 11.6 Å². The highest BCUT2D eigenvalue weighted by atomic mass is 19.4. The van der Waals surface area contributed by atoms with Gasteiger partial charge in [-0.05, 0) is 31.4 Å². The van der Waals surface area contributed by atoms with Crippen molar-refractivity contribution in [2.75, 3.05) is 18.6 Å². The molecule has 4 rings (SSSR count). The van der Waals surface area contributed by atoms with E-state index in [2.05, 4.69) is 15.5 Å². The number of benzene rings is 1. The van der Waals surface area contributed by atoms with Crippen LogP contribution in [0.1, 0.15) is 28.2 Å². The van der Waals surface area contributed by atoms with Gasteiger partial charge in [0.15, 0.2) is 5.69 Å². The lowest BCUT2D eigenvalue weighted by molar-refractivity contribution is -0.177. The van der Waals surface area contributed by atoms with Crippen molar-refractivity contribution in [2.45, 2.75) is 31.5 Å². The molecule has 2 amide bonds. The van der Waals surface area contributed by atoms with Crippen LogP contribution in [0.2, 0.25) is 0 Å². The quantitative estimate of drug-likeness (QED) is 0.798. The number of ether oxygens (including phenoxy) is 1. The number of para-hydroxylation sites is 2. The van der Waals surface area contributed by atoms with Crippen molar-refractivity contribution < 1.29 is 27.5 Å². The number of aromatic amines is 1. The number of nitrogens with zero attached hydrogens (tertiary/aromatic N) is 2. The zero-order chi connectivity index (χ0) is 20.8. The van der Waals surface area contributed by atoms with Crippen molar-refractivity contribution in [3.05, 3.63) is 41.2 Å². The monoisotopic (exact) mass is 408 g/mol. The smallest absolute Gasteiger partial charge is 0.392 e. The fourth-order valence-corrected chi connectivity index (χ4v) is 3.75. The molecule has 10 heteroatoms. The maximum absolute atomic E-state index is 13.1. The molecule has 0 saturated heterocycles. The molecule has 29 heavy (non-hydrogen) atoms. The number of halogens is 3. The first kappa shape index (κ1) is 19.3. The molecule has 7 nitrogen and oxygen atoms in total. The Kier molecular flexibility index (Phi) is 4.71. The number of nitrogens with one attached hydrogen (secondary N) is 2. The van der Waals surface area contributed by atoms with E-state index in [1.807, 2.05) is 0 Å². The van der Waals surface area contributed by atoms with Crippen LogP contribution in [0.4, 0.5) is 18.9 Å². The van der Waals surface area contributed by atoms with Gasteiger partial charge in [0.25, 0.3) is 11.8 Å². The Morgan fingerprint density at radius 3 is 2.86 bits per heavy atom. The molecule has 2 atom stereocenters. The van der Waals surface area contributed by atoms with Crippen LogP contribution in [-0.4, -0.2) is 47.9 Å². The Hall–Kier alpha value is -3.04. The minimum absolute atomic E-state index is 0.0439. The van der Waals surface area contributed by atoms with Gasteiger partial charge in [-0.15, -0.1) is 0 Å². The van der Waals surface area contributed by atoms with Crippen molar-refractivity contribution in [3.8, 4) is 5.75 Å². The molecule has 0 fully saturated rings. The summed E-state index contributed by atoms with van der Waals surface area (Å²) in [5.41, 5.74) is 1.25. The standard InChI is InChI=1S/C19H19F3N4O3/c1-26-14-4-2-3-5-15(14)29-9-13(18(26)28)23-17(27)16-11-8-10(19(20,21)22)6-7-12(11)24-25-16/h2-5,10,13H,6-9H2,1H3,(H,23,27)(H,24,25)/t10?,13-/m0/s1. The van der Waals surface area contributed by atoms with Gasteiger partial charge >= 0.3 is 6.18 Å². The second-order valence-electron chi connectivity index (χ2n) is 7.21. The number of rotatable bonds is 2. The van der Waals surface area contributed by atoms with E-state index >= 15 is 0 Å². The summed E-state index contributed by atoms with van der Waals surface area (Å²) in [7, 11) is 1.57. The Morgan fingerprint density at radius 2 is 2.10 bits per heavy atom. The molecule has 1 aromatic carbocycles. The Labute approximate surface area is 164 Å². The minimum atomic E-state index is -4.33. The van der Waals surface area contributed by atoms with E-state index < -0.39 is 24.0 Å². The number of alkyl halides is 3. The average molecular weight is 408 g/mol. The van der Waals surface area contributed by atoms with Gasteiger partial charge in [-0.1, -0.05) is 12.1 Å². The second kappa shape index (κ2) is 7.09. The summed E-state index contributed by atoms with van der Waals surface area (Å²) in [6.45, 7) is -0.0935. The van der Waals surface area contributed by atoms with E-state index in [9.17, 15) is 22.8 Å². The molecule has 2 aliphatic rings. The maximum Gasteiger partial charge on any atom is 0.392 e. The van der Waals surface area contributed by atoms with Crippen molar-refractivity contribution >= 4 is 17.5 Å². The van der Waals surface area contributed by atoms with Gasteiger partial charge in [-0.25, -0.2) is 0 Å². The molecule has 1 aromatic heterocycles. The number of carbonyl (C=O) groups is 2. The van der Waals surface area contributed by atoms with Gasteiger partial charge in [-0.2, -0.15) is 18.3 Å². The van der Waals surface area contributed by atoms with Crippen molar-refractivity contribution in [3.63, 3.8) is 0 Å². The van der Waals surface area contributed by atoms with Gasteiger partial charge in [-0.3, -0.25) is 14.7 Å². The van der Waals surface area contributed by atoms with E-state index in [1.165, 1.54) is 4.90 Å². The average Bonchev–Trinajstić information content (AvgIpc) is 3.08. The summed E-state index contributed by atoms with van der Waals surface area (Å²) in [4.78, 5) is 26.9. The third-order valence-electron chi connectivity index (χ3n) is 5.39. The first-order valence-electron chi connectivity index (χ1n) is 9.18. The summed E-state index contributed by atoms with van der Waals surface area (Å²) < 4.78 is 45.0. The number of aromatic nitrogens is 2. The third-order valence-corrected chi connectivity index (χ3v) is 5.39. The molecule has 2 N–H and O–H groups in total. The van der Waals surface area contributed by atoms with Gasteiger partial charge in [0.2, 0.25) is 0 Å². The molecule has 0 spiro atoms. The first-order chi connectivity index (χ1) is 13.8. The van der Waals surface area contributed by atoms with Gasteiger partial charge in [0.1, 0.15) is 18.4 Å². The molecule has 0 radical (unpaired) electrons. The molecule has 0 saturated carbocycles. The summed E-state index contributed by atoms with van der Waals surface area (Å²) >= 11 is 0. The van der Waals surface area contributed by atoms with Crippen LogP contribution < -0.4 is 15.0 Å². The van der Waals surface area contributed by atoms with E-state index in [1.54, 1.807) is 31.3 Å². The van der Waals surface area contributed by atoms with Gasteiger partial charge < -0.3 is 15.0 Å². The summed E-state index contributed by atoms with van der Waals surface area (Å²) in [5, 5.41) is 9.14. The number of hydrogen-bond acceptors (Lipinski definition) is 4. The highest BCUT2D eigenvalue weighted by Gasteiger charge is 2.43. The lowest BCUT2D eigenvalue weighted by Gasteiger charge is -2.24. The topological polar surface area (TPSA) is 87.3 Å². The fraction of sp³-hybridized carbons (Fsp3) is 0.421. The fourth-order valence-electron chi connectivity index (χ4n) is 3.75. The Bertz CT molecular complexity index is 956. The first-order valence-corrected chi connectivity index (χ1v) is 9.18. The maximum atomic E-state index is 13.1. The lowest BCUT2D eigenvalue weighted by atomic mass is 9.86. The molecule has 1 aliphatic carbocycles. The molecule has 2 aromatic rings. The predicted octanol–water partition coefficient (Wildman–Crippen LogP) is 2.23. The zero-order valence-electron chi connectivity index (χ0n) is 15.5. The summed E-state index contributed by atoms with van der Waals surface area (Å²) in [6, 6.07) is 5.97. The van der Waals surface area contributed by atoms with E-state index in [4.69, 9.17) is 4.74 Å². The Morgan fingerprint density at radius 1 is 1.34 bits per heavy atom. The molecule has 1 unspecified atom stereocenters. The molecular formula is C19H19F3N4O3. The highest BCUT2D eigenvalue weighted by Crippen LogP contribution is 2.37. The number of likely N-dealkylation sites (N-methyl/N-ethyl adjacent to an activating group) is 1. The normalized spacial score (nSPS) is 21.7.